The van der Waals surface area contributed by atoms with E-state index in [0.717, 1.165) is 23.4 Å². The fourth-order valence-electron chi connectivity index (χ4n) is 3.71. The first-order chi connectivity index (χ1) is 18.0. The number of carbonyl (C=O) groups excluding carboxylic acids is 2. The lowest BCUT2D eigenvalue weighted by atomic mass is 10.3. The molecule has 4 N–H and O–H groups in total. The fraction of sp³-hybridized carbons (Fsp3) is 0.417. The maximum Gasteiger partial charge on any atom is 0.430 e. The third-order valence-electron chi connectivity index (χ3n) is 5.32. The zero-order chi connectivity index (χ0) is 28.3. The van der Waals surface area contributed by atoms with Crippen molar-refractivity contribution in [2.24, 2.45) is 5.73 Å². The zero-order valence-electron chi connectivity index (χ0n) is 20.7. The van der Waals surface area contributed by atoms with E-state index in [-0.39, 0.29) is 24.9 Å². The molecule has 0 saturated carbocycles. The number of aromatic nitrogens is 3. The number of carbonyl (C=O) groups is 2. The van der Waals surface area contributed by atoms with Gasteiger partial charge in [-0.1, -0.05) is 6.07 Å². The van der Waals surface area contributed by atoms with Gasteiger partial charge >= 0.3 is 6.18 Å². The molecule has 14 heteroatoms. The van der Waals surface area contributed by atoms with Crippen molar-refractivity contribution in [3.05, 3.63) is 48.5 Å². The number of ether oxygens (including phenoxy) is 1. The number of alkyl halides is 3. The summed E-state index contributed by atoms with van der Waals surface area (Å²) in [4.78, 5) is 20.9. The number of pyridine rings is 1. The van der Waals surface area contributed by atoms with Crippen LogP contribution in [0.3, 0.4) is 0 Å². The normalized spacial score (nSPS) is 11.1. The highest BCUT2D eigenvalue weighted by atomic mass is 19.4. The van der Waals surface area contributed by atoms with Gasteiger partial charge in [0.05, 0.1) is 19.7 Å². The highest BCUT2D eigenvalue weighted by Crippen LogP contribution is 2.21. The Bertz CT molecular complexity index is 1230. The lowest BCUT2D eigenvalue weighted by Gasteiger charge is -2.07. The molecule has 0 aliphatic rings. The van der Waals surface area contributed by atoms with Crippen LogP contribution in [0.25, 0.3) is 11.0 Å². The third kappa shape index (κ3) is 8.59. The van der Waals surface area contributed by atoms with E-state index < -0.39 is 12.1 Å². The zero-order valence-corrected chi connectivity index (χ0v) is 20.7. The second-order valence-corrected chi connectivity index (χ2v) is 7.95. The van der Waals surface area contributed by atoms with E-state index in [0.29, 0.717) is 38.3 Å². The van der Waals surface area contributed by atoms with Crippen molar-refractivity contribution >= 4 is 22.9 Å². The smallest absolute Gasteiger partial charge is 0.430 e. The van der Waals surface area contributed by atoms with Gasteiger partial charge in [0, 0.05) is 25.1 Å². The molecule has 2 heterocycles. The number of fused-ring (bicyclic) bond motifs is 1. The van der Waals surface area contributed by atoms with Gasteiger partial charge in [-0.25, -0.2) is 13.7 Å². The first-order valence-corrected chi connectivity index (χ1v) is 11.7. The first-order valence-electron chi connectivity index (χ1n) is 11.7. The molecule has 208 valence electrons. The Morgan fingerprint density at radius 2 is 1.97 bits per heavy atom. The molecule has 0 saturated heterocycles. The number of aliphatic carboxylic acids is 1. The van der Waals surface area contributed by atoms with Crippen molar-refractivity contribution in [3.63, 3.8) is 0 Å². The van der Waals surface area contributed by atoms with Gasteiger partial charge in [0.25, 0.3) is 11.7 Å². The summed E-state index contributed by atoms with van der Waals surface area (Å²) < 4.78 is 43.1. The number of nitrogens with zero attached hydrogens (tertiary/aromatic N) is 3. The molecule has 0 unspecified atom stereocenters. The number of nitrogens with two attached hydrogens (primary N) is 1. The minimum absolute atomic E-state index is 0.00534. The van der Waals surface area contributed by atoms with Crippen molar-refractivity contribution in [1.82, 2.24) is 9.88 Å². The largest absolute Gasteiger partial charge is 0.868 e. The maximum absolute atomic E-state index is 12.1. The highest BCUT2D eigenvalue weighted by Gasteiger charge is 2.29. The predicted octanol–water partition coefficient (Wildman–Crippen LogP) is -1.36. The van der Waals surface area contributed by atoms with E-state index in [1.165, 1.54) is 12.3 Å². The number of benzene rings is 1. The molecule has 3 rings (SSSR count). The number of aliphatic hydroxyl groups is 1. The standard InChI is InChI=1S/C22H29N5O4.C2HF3O2/c1-2-26-19-7-6-18(13-20(19)27(11-12-28)22(26)14-23)31-16-21(30)24-8-4-10-25-9-3-5-17(29)15-25;3-2(4,5)1(6)7/h3,5-7,9,13,15,28H,2,4,8,10-12,14,16,23H2,1H3;(H,6,7). The van der Waals surface area contributed by atoms with Crippen LogP contribution in [0.2, 0.25) is 0 Å². The van der Waals surface area contributed by atoms with Gasteiger partial charge in [-0.05, 0) is 24.8 Å². The molecule has 0 aliphatic heterocycles. The number of hydrogen-bond acceptors (Lipinski definition) is 7. The Morgan fingerprint density at radius 1 is 1.26 bits per heavy atom. The van der Waals surface area contributed by atoms with Crippen LogP contribution in [0.1, 0.15) is 19.2 Å². The van der Waals surface area contributed by atoms with Crippen LogP contribution >= 0.6 is 0 Å². The Balaban J connectivity index is 0.000000638. The van der Waals surface area contributed by atoms with Crippen molar-refractivity contribution in [3.8, 4) is 11.5 Å². The summed E-state index contributed by atoms with van der Waals surface area (Å²) in [6.45, 7) is 4.67. The summed E-state index contributed by atoms with van der Waals surface area (Å²) in [5.74, 6) is -1.74. The second-order valence-electron chi connectivity index (χ2n) is 7.95. The minimum atomic E-state index is -5.19. The van der Waals surface area contributed by atoms with E-state index in [1.54, 1.807) is 10.6 Å². The van der Waals surface area contributed by atoms with E-state index in [1.807, 2.05) is 35.9 Å². The monoisotopic (exact) mass is 541 g/mol. The molecule has 38 heavy (non-hydrogen) atoms. The number of rotatable bonds is 11. The van der Waals surface area contributed by atoms with Crippen LogP contribution in [-0.4, -0.2) is 47.5 Å². The maximum atomic E-state index is 12.1. The van der Waals surface area contributed by atoms with E-state index in [4.69, 9.17) is 20.4 Å². The quantitative estimate of drug-likeness (QED) is 0.200. The number of aliphatic hydroxyl groups excluding tert-OH is 1. The van der Waals surface area contributed by atoms with Crippen LogP contribution in [-0.2, 0) is 35.8 Å². The Morgan fingerprint density at radius 3 is 2.55 bits per heavy atom. The fourth-order valence-corrected chi connectivity index (χ4v) is 3.71. The molecule has 1 aromatic carbocycles. The van der Waals surface area contributed by atoms with Crippen LogP contribution in [0.4, 0.5) is 13.2 Å². The lowest BCUT2D eigenvalue weighted by Crippen LogP contribution is -2.38. The molecule has 0 spiro atoms. The summed E-state index contributed by atoms with van der Waals surface area (Å²) in [7, 11) is 0. The van der Waals surface area contributed by atoms with Gasteiger partial charge in [-0.15, -0.1) is 0 Å². The molecule has 0 bridgehead atoms. The number of carboxylic acids is 1. The summed E-state index contributed by atoms with van der Waals surface area (Å²) in [6, 6.07) is 8.86. The first kappa shape index (κ1) is 30.3. The molecule has 0 aliphatic carbocycles. The van der Waals surface area contributed by atoms with Gasteiger partial charge in [0.1, 0.15) is 24.8 Å². The van der Waals surface area contributed by atoms with Crippen molar-refractivity contribution in [2.75, 3.05) is 19.8 Å². The number of amides is 1. The van der Waals surface area contributed by atoms with Crippen molar-refractivity contribution < 1.29 is 52.0 Å². The SMILES string of the molecule is CC[n+]1c(CN)n(CCO)c2cc(OCC(=O)NCCC[n+]3cccc([O-])c3)ccc21.O=C([O-])C(F)(F)F. The molecular formula is C24H30F3N5O6. The molecule has 1 amide bonds. The summed E-state index contributed by atoms with van der Waals surface area (Å²) in [6.07, 6.45) is -1.13. The van der Waals surface area contributed by atoms with Crippen LogP contribution in [0.15, 0.2) is 42.7 Å². The minimum Gasteiger partial charge on any atom is -0.868 e. The average molecular weight is 542 g/mol. The van der Waals surface area contributed by atoms with Crippen LogP contribution in [0, 0.1) is 0 Å². The number of hydrogen-bond donors (Lipinski definition) is 3. The van der Waals surface area contributed by atoms with E-state index >= 15 is 0 Å². The number of aryl methyl sites for hydroxylation is 2. The number of imidazole rings is 1. The number of halogens is 3. The van der Waals surface area contributed by atoms with Crippen LogP contribution < -0.4 is 35.1 Å². The molecule has 0 fully saturated rings. The summed E-state index contributed by atoms with van der Waals surface area (Å²) >= 11 is 0. The molecule has 11 nitrogen and oxygen atoms in total. The molecule has 2 aromatic heterocycles. The predicted molar refractivity (Wildman–Crippen MR) is 123 cm³/mol. The lowest BCUT2D eigenvalue weighted by molar-refractivity contribution is -0.699. The van der Waals surface area contributed by atoms with Gasteiger partial charge in [-0.3, -0.25) is 4.79 Å². The van der Waals surface area contributed by atoms with Gasteiger partial charge in [0.2, 0.25) is 0 Å². The van der Waals surface area contributed by atoms with Crippen molar-refractivity contribution in [2.45, 2.75) is 45.7 Å². The molecule has 0 atom stereocenters. The Hall–Kier alpha value is -3.91. The summed E-state index contributed by atoms with van der Waals surface area (Å²) in [5.41, 5.74) is 7.85. The van der Waals surface area contributed by atoms with Gasteiger partial charge in [0.15, 0.2) is 30.0 Å². The Labute approximate surface area is 216 Å². The summed E-state index contributed by atoms with van der Waals surface area (Å²) in [5, 5.41) is 32.4. The number of nitrogens with one attached hydrogen (secondary N) is 1. The van der Waals surface area contributed by atoms with Gasteiger partial charge in [-0.2, -0.15) is 13.2 Å². The topological polar surface area (TPSA) is 160 Å². The third-order valence-corrected chi connectivity index (χ3v) is 5.32. The average Bonchev–Trinajstić information content (AvgIpc) is 3.17. The molecular weight excluding hydrogens is 511 g/mol. The Kier molecular flexibility index (Phi) is 11.3. The highest BCUT2D eigenvalue weighted by molar-refractivity contribution is 5.78. The van der Waals surface area contributed by atoms with Crippen LogP contribution in [0.5, 0.6) is 11.5 Å². The van der Waals surface area contributed by atoms with E-state index in [9.17, 15) is 28.2 Å². The second kappa shape index (κ2) is 14.1. The molecule has 0 radical (unpaired) electrons. The van der Waals surface area contributed by atoms with Gasteiger partial charge < -0.3 is 35.9 Å². The van der Waals surface area contributed by atoms with Crippen molar-refractivity contribution in [1.29, 1.82) is 0 Å². The number of carboxylic acid groups (broad SMARTS) is 1. The molecule has 3 aromatic rings. The van der Waals surface area contributed by atoms with E-state index in [2.05, 4.69) is 9.88 Å².